The second-order valence-electron chi connectivity index (χ2n) is 4.74. The Bertz CT molecular complexity index is 422. The van der Waals surface area contributed by atoms with Gasteiger partial charge in [-0.25, -0.2) is 0 Å². The molecule has 18 heavy (non-hydrogen) atoms. The van der Waals surface area contributed by atoms with Gasteiger partial charge in [0.1, 0.15) is 0 Å². The van der Waals surface area contributed by atoms with E-state index >= 15 is 0 Å². The Labute approximate surface area is 112 Å². The van der Waals surface area contributed by atoms with E-state index in [0.29, 0.717) is 6.61 Å². The van der Waals surface area contributed by atoms with Gasteiger partial charge in [0.2, 0.25) is 0 Å². The van der Waals surface area contributed by atoms with Crippen LogP contribution in [-0.4, -0.2) is 25.2 Å². The van der Waals surface area contributed by atoms with Crippen molar-refractivity contribution in [3.63, 3.8) is 0 Å². The van der Waals surface area contributed by atoms with Gasteiger partial charge in [0.25, 0.3) is 0 Å². The van der Waals surface area contributed by atoms with Crippen LogP contribution in [0.3, 0.4) is 0 Å². The highest BCUT2D eigenvalue weighted by Gasteiger charge is 2.23. The Morgan fingerprint density at radius 3 is 2.72 bits per heavy atom. The minimum Gasteiger partial charge on any atom is -0.490 e. The van der Waals surface area contributed by atoms with Crippen molar-refractivity contribution in [3.8, 4) is 11.5 Å². The molecule has 0 amide bonds. The van der Waals surface area contributed by atoms with Crippen LogP contribution in [0.25, 0.3) is 0 Å². The first kappa shape index (κ1) is 12.1. The Balaban J connectivity index is 1.82. The lowest BCUT2D eigenvalue weighted by Crippen LogP contribution is -2.19. The van der Waals surface area contributed by atoms with Gasteiger partial charge < -0.3 is 14.2 Å². The largest absolute Gasteiger partial charge is 0.490 e. The van der Waals surface area contributed by atoms with Crippen LogP contribution in [0.15, 0.2) is 18.2 Å². The summed E-state index contributed by atoms with van der Waals surface area (Å²) < 4.78 is 17.1. The summed E-state index contributed by atoms with van der Waals surface area (Å²) in [4.78, 5) is 0. The number of rotatable bonds is 1. The van der Waals surface area contributed by atoms with Crippen LogP contribution in [0, 0.1) is 0 Å². The lowest BCUT2D eigenvalue weighted by atomic mass is 10.0. The van der Waals surface area contributed by atoms with Crippen LogP contribution in [0.4, 0.5) is 0 Å². The maximum absolute atomic E-state index is 6.19. The van der Waals surface area contributed by atoms with Gasteiger partial charge in [-0.15, -0.1) is 11.6 Å². The average Bonchev–Trinajstić information content (AvgIpc) is 2.63. The molecule has 2 aliphatic heterocycles. The summed E-state index contributed by atoms with van der Waals surface area (Å²) in [6.45, 7) is 2.16. The van der Waals surface area contributed by atoms with Crippen LogP contribution in [0.2, 0.25) is 0 Å². The van der Waals surface area contributed by atoms with Crippen molar-refractivity contribution in [2.45, 2.75) is 30.7 Å². The molecule has 1 aromatic carbocycles. The fourth-order valence-electron chi connectivity index (χ4n) is 2.37. The topological polar surface area (TPSA) is 27.7 Å². The van der Waals surface area contributed by atoms with Gasteiger partial charge in [-0.3, -0.25) is 0 Å². The van der Waals surface area contributed by atoms with Crippen LogP contribution in [-0.2, 0) is 4.74 Å². The molecule has 1 fully saturated rings. The summed E-state index contributed by atoms with van der Waals surface area (Å²) in [6.07, 6.45) is 2.80. The van der Waals surface area contributed by atoms with Crippen molar-refractivity contribution in [2.75, 3.05) is 19.8 Å². The number of hydrogen-bond acceptors (Lipinski definition) is 3. The molecule has 3 rings (SSSR count). The van der Waals surface area contributed by atoms with E-state index in [-0.39, 0.29) is 11.5 Å². The number of alkyl halides is 1. The predicted octanol–water partition coefficient (Wildman–Crippen LogP) is 3.31. The zero-order valence-corrected chi connectivity index (χ0v) is 11.0. The highest BCUT2D eigenvalue weighted by atomic mass is 35.5. The summed E-state index contributed by atoms with van der Waals surface area (Å²) in [5.74, 6) is 1.65. The van der Waals surface area contributed by atoms with Crippen LogP contribution < -0.4 is 9.47 Å². The molecule has 1 aromatic rings. The summed E-state index contributed by atoms with van der Waals surface area (Å²) >= 11 is 6.19. The van der Waals surface area contributed by atoms with E-state index in [9.17, 15) is 0 Å². The van der Waals surface area contributed by atoms with Crippen molar-refractivity contribution < 1.29 is 14.2 Å². The van der Waals surface area contributed by atoms with E-state index in [4.69, 9.17) is 25.8 Å². The Kier molecular flexibility index (Phi) is 3.62. The number of halogens is 1. The van der Waals surface area contributed by atoms with Crippen LogP contribution in [0.1, 0.15) is 30.9 Å². The molecule has 2 atom stereocenters. The molecule has 0 aliphatic carbocycles. The quantitative estimate of drug-likeness (QED) is 0.732. The third-order valence-electron chi connectivity index (χ3n) is 3.36. The normalized spacial score (nSPS) is 27.6. The monoisotopic (exact) mass is 268 g/mol. The van der Waals surface area contributed by atoms with E-state index < -0.39 is 0 Å². The van der Waals surface area contributed by atoms with Crippen molar-refractivity contribution in [1.82, 2.24) is 0 Å². The molecule has 0 spiro atoms. The zero-order valence-electron chi connectivity index (χ0n) is 10.2. The summed E-state index contributed by atoms with van der Waals surface area (Å²) in [6, 6.07) is 6.05. The first-order chi connectivity index (χ1) is 8.83. The van der Waals surface area contributed by atoms with Crippen molar-refractivity contribution in [2.24, 2.45) is 0 Å². The number of fused-ring (bicyclic) bond motifs is 1. The zero-order chi connectivity index (χ0) is 12.4. The second-order valence-corrected chi connectivity index (χ2v) is 5.35. The molecular formula is C14H17ClO3. The molecule has 2 aliphatic rings. The Hall–Kier alpha value is -0.930. The molecular weight excluding hydrogens is 252 g/mol. The van der Waals surface area contributed by atoms with E-state index in [0.717, 1.165) is 49.5 Å². The molecule has 0 N–H and O–H groups in total. The number of hydrogen-bond donors (Lipinski definition) is 0. The van der Waals surface area contributed by atoms with E-state index in [1.165, 1.54) is 0 Å². The molecule has 98 valence electrons. The molecule has 0 bridgehead atoms. The highest BCUT2D eigenvalue weighted by molar-refractivity contribution is 6.20. The first-order valence-corrected chi connectivity index (χ1v) is 6.92. The molecule has 0 aromatic heterocycles. The van der Waals surface area contributed by atoms with E-state index in [1.54, 1.807) is 0 Å². The third-order valence-corrected chi connectivity index (χ3v) is 3.76. The van der Waals surface area contributed by atoms with Gasteiger partial charge in [0, 0.05) is 18.4 Å². The summed E-state index contributed by atoms with van der Waals surface area (Å²) in [5.41, 5.74) is 1.13. The van der Waals surface area contributed by atoms with Gasteiger partial charge in [-0.2, -0.15) is 0 Å². The fourth-order valence-corrected chi connectivity index (χ4v) is 2.62. The van der Waals surface area contributed by atoms with Crippen molar-refractivity contribution >= 4 is 11.6 Å². The highest BCUT2D eigenvalue weighted by Crippen LogP contribution is 2.36. The fraction of sp³-hybridized carbons (Fsp3) is 0.571. The van der Waals surface area contributed by atoms with Crippen LogP contribution >= 0.6 is 11.6 Å². The minimum atomic E-state index is 0.0819. The Morgan fingerprint density at radius 1 is 1.06 bits per heavy atom. The minimum absolute atomic E-state index is 0.0819. The summed E-state index contributed by atoms with van der Waals surface area (Å²) in [5, 5.41) is 0.208. The molecule has 1 saturated heterocycles. The standard InChI is InChI=1S/C14H17ClO3/c15-11-4-7-18-13(9-11)10-2-3-12-14(8-10)17-6-1-5-16-12/h2-3,8,11,13H,1,4-7,9H2. The van der Waals surface area contributed by atoms with Gasteiger partial charge in [0.15, 0.2) is 11.5 Å². The third kappa shape index (κ3) is 2.57. The average molecular weight is 269 g/mol. The van der Waals surface area contributed by atoms with Gasteiger partial charge in [-0.05, 0) is 30.5 Å². The Morgan fingerprint density at radius 2 is 1.89 bits per heavy atom. The van der Waals surface area contributed by atoms with Gasteiger partial charge >= 0.3 is 0 Å². The number of benzene rings is 1. The SMILES string of the molecule is ClC1CCOC(c2ccc3c(c2)OCCCO3)C1. The second kappa shape index (κ2) is 5.37. The van der Waals surface area contributed by atoms with Crippen LogP contribution in [0.5, 0.6) is 11.5 Å². The predicted molar refractivity (Wildman–Crippen MR) is 69.6 cm³/mol. The van der Waals surface area contributed by atoms with E-state index in [1.807, 2.05) is 18.2 Å². The first-order valence-electron chi connectivity index (χ1n) is 6.48. The van der Waals surface area contributed by atoms with Gasteiger partial charge in [0.05, 0.1) is 19.3 Å². The van der Waals surface area contributed by atoms with Crippen molar-refractivity contribution in [3.05, 3.63) is 23.8 Å². The molecule has 4 heteroatoms. The lowest BCUT2D eigenvalue weighted by Gasteiger charge is -2.26. The number of ether oxygens (including phenoxy) is 3. The molecule has 0 saturated carbocycles. The smallest absolute Gasteiger partial charge is 0.161 e. The molecule has 3 nitrogen and oxygen atoms in total. The lowest BCUT2D eigenvalue weighted by molar-refractivity contribution is 0.0167. The summed E-state index contributed by atoms with van der Waals surface area (Å²) in [7, 11) is 0. The molecule has 2 unspecified atom stereocenters. The molecule has 2 heterocycles. The maximum Gasteiger partial charge on any atom is 0.161 e. The van der Waals surface area contributed by atoms with E-state index in [2.05, 4.69) is 0 Å². The molecule has 0 radical (unpaired) electrons. The maximum atomic E-state index is 6.19. The van der Waals surface area contributed by atoms with Crippen molar-refractivity contribution in [1.29, 1.82) is 0 Å². The van der Waals surface area contributed by atoms with Gasteiger partial charge in [-0.1, -0.05) is 6.07 Å².